The summed E-state index contributed by atoms with van der Waals surface area (Å²) in [5.74, 6) is 1.08. The summed E-state index contributed by atoms with van der Waals surface area (Å²) < 4.78 is 2.63. The lowest BCUT2D eigenvalue weighted by atomic mass is 10.1. The predicted molar refractivity (Wildman–Crippen MR) is 86.3 cm³/mol. The highest BCUT2D eigenvalue weighted by atomic mass is 79.9. The van der Waals surface area contributed by atoms with Crippen LogP contribution in [0, 0.1) is 5.92 Å². The van der Waals surface area contributed by atoms with Crippen LogP contribution in [0.1, 0.15) is 43.6 Å². The zero-order valence-corrected chi connectivity index (χ0v) is 14.0. The summed E-state index contributed by atoms with van der Waals surface area (Å²) in [7, 11) is 0. The molecule has 0 fully saturated rings. The van der Waals surface area contributed by atoms with Gasteiger partial charge in [0, 0.05) is 22.9 Å². The highest BCUT2D eigenvalue weighted by molar-refractivity contribution is 9.10. The van der Waals surface area contributed by atoms with Gasteiger partial charge in [-0.25, -0.2) is 4.68 Å². The van der Waals surface area contributed by atoms with E-state index < -0.39 is 0 Å². The lowest BCUT2D eigenvalue weighted by Crippen LogP contribution is -2.18. The Labute approximate surface area is 132 Å². The third kappa shape index (κ3) is 4.14. The Bertz CT molecular complexity index is 624. The maximum absolute atomic E-state index is 12.2. The number of nitrogens with one attached hydrogen (secondary N) is 1. The van der Waals surface area contributed by atoms with Gasteiger partial charge in [-0.15, -0.1) is 0 Å². The second-order valence-corrected chi connectivity index (χ2v) is 6.40. The van der Waals surface area contributed by atoms with Gasteiger partial charge in [0.05, 0.1) is 17.8 Å². The van der Waals surface area contributed by atoms with E-state index in [0.29, 0.717) is 17.3 Å². The number of hydrogen-bond donors (Lipinski definition) is 1. The molecule has 2 aromatic rings. The van der Waals surface area contributed by atoms with Gasteiger partial charge in [-0.3, -0.25) is 9.78 Å². The number of pyridine rings is 1. The van der Waals surface area contributed by atoms with Crippen LogP contribution in [0.2, 0.25) is 0 Å². The molecule has 0 saturated carbocycles. The van der Waals surface area contributed by atoms with E-state index in [1.54, 1.807) is 30.7 Å². The fourth-order valence-corrected chi connectivity index (χ4v) is 2.64. The van der Waals surface area contributed by atoms with Crippen molar-refractivity contribution in [2.75, 3.05) is 5.32 Å². The normalized spacial score (nSPS) is 12.4. The fourth-order valence-electron chi connectivity index (χ4n) is 2.27. The molecule has 0 aliphatic heterocycles. The lowest BCUT2D eigenvalue weighted by Gasteiger charge is -2.17. The Balaban J connectivity index is 2.13. The standard InChI is InChI=1S/C15H19BrN4O/c1-10(2)6-11(3)20-14(4-5-18-20)19-15(21)12-7-13(16)9-17-8-12/h4-5,7-11H,6H2,1-3H3,(H,19,21)/t11-/m0/s1. The van der Waals surface area contributed by atoms with E-state index in [9.17, 15) is 4.79 Å². The maximum atomic E-state index is 12.2. The molecule has 0 unspecified atom stereocenters. The number of nitrogens with zero attached hydrogens (tertiary/aromatic N) is 3. The van der Waals surface area contributed by atoms with Crippen molar-refractivity contribution >= 4 is 27.7 Å². The molecule has 1 atom stereocenters. The average molecular weight is 351 g/mol. The molecule has 112 valence electrons. The fraction of sp³-hybridized carbons (Fsp3) is 0.400. The number of carbonyl (C=O) groups is 1. The second kappa shape index (κ2) is 6.85. The van der Waals surface area contributed by atoms with E-state index in [0.717, 1.165) is 10.9 Å². The average Bonchev–Trinajstić information content (AvgIpc) is 2.86. The third-order valence-electron chi connectivity index (χ3n) is 3.11. The van der Waals surface area contributed by atoms with Crippen LogP contribution in [0.4, 0.5) is 5.82 Å². The number of anilines is 1. The van der Waals surface area contributed by atoms with Crippen LogP contribution in [-0.4, -0.2) is 20.7 Å². The monoisotopic (exact) mass is 350 g/mol. The largest absolute Gasteiger partial charge is 0.307 e. The molecule has 5 nitrogen and oxygen atoms in total. The highest BCUT2D eigenvalue weighted by Gasteiger charge is 2.15. The van der Waals surface area contributed by atoms with Crippen LogP contribution in [0.3, 0.4) is 0 Å². The van der Waals surface area contributed by atoms with E-state index in [2.05, 4.69) is 52.1 Å². The van der Waals surface area contributed by atoms with Crippen LogP contribution in [-0.2, 0) is 0 Å². The third-order valence-corrected chi connectivity index (χ3v) is 3.54. The van der Waals surface area contributed by atoms with Crippen LogP contribution in [0.15, 0.2) is 35.2 Å². The summed E-state index contributed by atoms with van der Waals surface area (Å²) in [4.78, 5) is 16.2. The Morgan fingerprint density at radius 3 is 2.81 bits per heavy atom. The van der Waals surface area contributed by atoms with Crippen molar-refractivity contribution in [1.29, 1.82) is 0 Å². The zero-order chi connectivity index (χ0) is 15.4. The van der Waals surface area contributed by atoms with Crippen molar-refractivity contribution < 1.29 is 4.79 Å². The minimum absolute atomic E-state index is 0.192. The van der Waals surface area contributed by atoms with Crippen molar-refractivity contribution in [3.8, 4) is 0 Å². The van der Waals surface area contributed by atoms with E-state index in [4.69, 9.17) is 0 Å². The van der Waals surface area contributed by atoms with Gasteiger partial charge in [-0.2, -0.15) is 5.10 Å². The van der Waals surface area contributed by atoms with Gasteiger partial charge in [0.25, 0.3) is 5.91 Å². The molecule has 0 aliphatic carbocycles. The quantitative estimate of drug-likeness (QED) is 0.889. The molecule has 1 N–H and O–H groups in total. The second-order valence-electron chi connectivity index (χ2n) is 5.49. The van der Waals surface area contributed by atoms with Crippen molar-refractivity contribution in [1.82, 2.24) is 14.8 Å². The molecule has 1 amide bonds. The van der Waals surface area contributed by atoms with E-state index >= 15 is 0 Å². The highest BCUT2D eigenvalue weighted by Crippen LogP contribution is 2.21. The molecule has 0 bridgehead atoms. The molecular formula is C15H19BrN4O. The lowest BCUT2D eigenvalue weighted by molar-refractivity contribution is 0.102. The Hall–Kier alpha value is -1.69. The minimum atomic E-state index is -0.192. The summed E-state index contributed by atoms with van der Waals surface area (Å²) in [6, 6.07) is 3.77. The van der Waals surface area contributed by atoms with Crippen LogP contribution >= 0.6 is 15.9 Å². The SMILES string of the molecule is CC(C)C[C@H](C)n1nccc1NC(=O)c1cncc(Br)c1. The molecular weight excluding hydrogens is 332 g/mol. The zero-order valence-electron chi connectivity index (χ0n) is 12.4. The first-order valence-electron chi connectivity index (χ1n) is 6.92. The van der Waals surface area contributed by atoms with Gasteiger partial charge in [-0.1, -0.05) is 13.8 Å². The minimum Gasteiger partial charge on any atom is -0.307 e. The summed E-state index contributed by atoms with van der Waals surface area (Å²) in [5, 5.41) is 7.20. The van der Waals surface area contributed by atoms with E-state index in [-0.39, 0.29) is 11.9 Å². The summed E-state index contributed by atoms with van der Waals surface area (Å²) >= 11 is 3.31. The molecule has 0 aliphatic rings. The number of halogens is 1. The number of aromatic nitrogens is 3. The smallest absolute Gasteiger partial charge is 0.258 e. The first-order valence-corrected chi connectivity index (χ1v) is 7.72. The predicted octanol–water partition coefficient (Wildman–Crippen LogP) is 3.90. The Morgan fingerprint density at radius 2 is 2.14 bits per heavy atom. The van der Waals surface area contributed by atoms with Crippen molar-refractivity contribution in [2.24, 2.45) is 5.92 Å². The van der Waals surface area contributed by atoms with Crippen LogP contribution in [0.5, 0.6) is 0 Å². The van der Waals surface area contributed by atoms with Gasteiger partial charge < -0.3 is 5.32 Å². The topological polar surface area (TPSA) is 59.8 Å². The van der Waals surface area contributed by atoms with Crippen molar-refractivity contribution in [3.63, 3.8) is 0 Å². The first-order chi connectivity index (χ1) is 9.97. The molecule has 0 saturated heterocycles. The van der Waals surface area contributed by atoms with E-state index in [1.807, 2.05) is 4.68 Å². The number of rotatable bonds is 5. The molecule has 21 heavy (non-hydrogen) atoms. The summed E-state index contributed by atoms with van der Waals surface area (Å²) in [6.07, 6.45) is 5.89. The summed E-state index contributed by atoms with van der Waals surface area (Å²) in [6.45, 7) is 6.44. The van der Waals surface area contributed by atoms with Gasteiger partial charge in [0.15, 0.2) is 0 Å². The van der Waals surface area contributed by atoms with Gasteiger partial charge >= 0.3 is 0 Å². The van der Waals surface area contributed by atoms with Crippen molar-refractivity contribution in [3.05, 3.63) is 40.8 Å². The first kappa shape index (κ1) is 15.7. The number of hydrogen-bond acceptors (Lipinski definition) is 3. The summed E-state index contributed by atoms with van der Waals surface area (Å²) in [5.41, 5.74) is 0.508. The molecule has 0 radical (unpaired) electrons. The molecule has 2 rings (SSSR count). The Morgan fingerprint density at radius 1 is 1.38 bits per heavy atom. The molecule has 2 heterocycles. The van der Waals surface area contributed by atoms with Crippen LogP contribution in [0.25, 0.3) is 0 Å². The maximum Gasteiger partial charge on any atom is 0.258 e. The molecule has 0 aromatic carbocycles. The molecule has 0 spiro atoms. The number of amides is 1. The molecule has 2 aromatic heterocycles. The van der Waals surface area contributed by atoms with E-state index in [1.165, 1.54) is 0 Å². The van der Waals surface area contributed by atoms with Gasteiger partial charge in [-0.05, 0) is 41.3 Å². The van der Waals surface area contributed by atoms with Gasteiger partial charge in [0.2, 0.25) is 0 Å². The number of carbonyl (C=O) groups excluding carboxylic acids is 1. The Kier molecular flexibility index (Phi) is 5.12. The van der Waals surface area contributed by atoms with Crippen LogP contribution < -0.4 is 5.32 Å². The van der Waals surface area contributed by atoms with Gasteiger partial charge in [0.1, 0.15) is 5.82 Å². The van der Waals surface area contributed by atoms with Crippen molar-refractivity contribution in [2.45, 2.75) is 33.2 Å². The molecule has 6 heteroatoms.